The fourth-order valence-electron chi connectivity index (χ4n) is 3.27. The van der Waals surface area contributed by atoms with E-state index in [-0.39, 0.29) is 29.4 Å². The maximum Gasteiger partial charge on any atom is 0.191 e. The number of aryl methyl sites for hydroxylation is 3. The van der Waals surface area contributed by atoms with Gasteiger partial charge >= 0.3 is 0 Å². The van der Waals surface area contributed by atoms with Crippen LogP contribution in [0.3, 0.4) is 0 Å². The Kier molecular flexibility index (Phi) is 7.46. The minimum Gasteiger partial charge on any atom is -0.356 e. The summed E-state index contributed by atoms with van der Waals surface area (Å²) in [5.74, 6) is 0.879. The highest BCUT2D eigenvalue weighted by atomic mass is 127. The van der Waals surface area contributed by atoms with Crippen molar-refractivity contribution in [3.63, 3.8) is 0 Å². The van der Waals surface area contributed by atoms with Crippen LogP contribution in [0.5, 0.6) is 0 Å². The SMILES string of the molecule is CN=C(NCCc1nc(C)c(C)s1)NCC1(c2ccccc2C)CC1.I. The summed E-state index contributed by atoms with van der Waals surface area (Å²) in [6, 6.07) is 8.74. The Balaban J connectivity index is 0.00000243. The number of aromatic nitrogens is 1. The van der Waals surface area contributed by atoms with Gasteiger partial charge in [-0.3, -0.25) is 4.99 Å². The van der Waals surface area contributed by atoms with E-state index in [2.05, 4.69) is 65.6 Å². The van der Waals surface area contributed by atoms with E-state index in [0.29, 0.717) is 0 Å². The van der Waals surface area contributed by atoms with Crippen LogP contribution in [-0.2, 0) is 11.8 Å². The summed E-state index contributed by atoms with van der Waals surface area (Å²) in [4.78, 5) is 10.3. The number of nitrogens with zero attached hydrogens (tertiary/aromatic N) is 2. The Morgan fingerprint density at radius 1 is 1.19 bits per heavy atom. The normalized spacial score (nSPS) is 15.3. The molecule has 1 aromatic carbocycles. The third-order valence-corrected chi connectivity index (χ3v) is 6.22. The number of benzene rings is 1. The van der Waals surface area contributed by atoms with Gasteiger partial charge in [0, 0.05) is 36.9 Å². The number of rotatable bonds is 6. The van der Waals surface area contributed by atoms with E-state index >= 15 is 0 Å². The summed E-state index contributed by atoms with van der Waals surface area (Å²) in [5.41, 5.74) is 4.30. The smallest absolute Gasteiger partial charge is 0.191 e. The highest BCUT2D eigenvalue weighted by Gasteiger charge is 2.44. The lowest BCUT2D eigenvalue weighted by Crippen LogP contribution is -2.42. The molecule has 1 heterocycles. The molecule has 1 aliphatic carbocycles. The van der Waals surface area contributed by atoms with Crippen LogP contribution in [0.4, 0.5) is 0 Å². The van der Waals surface area contributed by atoms with Crippen LogP contribution in [-0.4, -0.2) is 31.1 Å². The maximum absolute atomic E-state index is 4.60. The van der Waals surface area contributed by atoms with Crippen molar-refractivity contribution < 1.29 is 0 Å². The van der Waals surface area contributed by atoms with Gasteiger partial charge in [0.1, 0.15) is 0 Å². The van der Waals surface area contributed by atoms with E-state index in [9.17, 15) is 0 Å². The standard InChI is InChI=1S/C20H28N4S.HI/c1-14-7-5-6-8-17(14)20(10-11-20)13-23-19(21-4)22-12-9-18-24-15(2)16(3)25-18;/h5-8H,9-13H2,1-4H3,(H2,21,22,23);1H. The molecule has 0 aliphatic heterocycles. The van der Waals surface area contributed by atoms with Crippen molar-refractivity contribution in [1.29, 1.82) is 0 Å². The largest absolute Gasteiger partial charge is 0.356 e. The fraction of sp³-hybridized carbons (Fsp3) is 0.500. The van der Waals surface area contributed by atoms with Crippen LogP contribution in [0, 0.1) is 20.8 Å². The molecule has 0 spiro atoms. The number of guanidine groups is 1. The zero-order valence-corrected chi connectivity index (χ0v) is 19.2. The highest BCUT2D eigenvalue weighted by Crippen LogP contribution is 2.48. The van der Waals surface area contributed by atoms with Gasteiger partial charge < -0.3 is 10.6 Å². The van der Waals surface area contributed by atoms with Crippen molar-refractivity contribution in [2.24, 2.45) is 4.99 Å². The van der Waals surface area contributed by atoms with Crippen LogP contribution in [0.1, 0.15) is 39.5 Å². The number of halogens is 1. The second-order valence-corrected chi connectivity index (χ2v) is 8.23. The molecule has 0 atom stereocenters. The molecule has 0 amide bonds. The third kappa shape index (κ3) is 4.97. The zero-order chi connectivity index (χ0) is 17.9. The van der Waals surface area contributed by atoms with Crippen molar-refractivity contribution in [3.8, 4) is 0 Å². The molecule has 0 bridgehead atoms. The van der Waals surface area contributed by atoms with E-state index in [4.69, 9.17) is 0 Å². The molecule has 3 rings (SSSR count). The molecular formula is C20H29IN4S. The van der Waals surface area contributed by atoms with Crippen molar-refractivity contribution in [2.45, 2.75) is 45.4 Å². The second-order valence-electron chi connectivity index (χ2n) is 6.95. The van der Waals surface area contributed by atoms with Gasteiger partial charge in [0.2, 0.25) is 0 Å². The number of aliphatic imine (C=N–C) groups is 1. The average Bonchev–Trinajstić information content (AvgIpc) is 3.31. The molecule has 1 aliphatic rings. The van der Waals surface area contributed by atoms with Crippen LogP contribution in [0.2, 0.25) is 0 Å². The highest BCUT2D eigenvalue weighted by molar-refractivity contribution is 14.0. The molecule has 26 heavy (non-hydrogen) atoms. The van der Waals surface area contributed by atoms with Gasteiger partial charge in [0.05, 0.1) is 10.7 Å². The summed E-state index contributed by atoms with van der Waals surface area (Å²) in [5, 5.41) is 8.13. The Labute approximate surface area is 177 Å². The van der Waals surface area contributed by atoms with Gasteiger partial charge in [-0.25, -0.2) is 4.98 Å². The molecule has 2 aromatic rings. The van der Waals surface area contributed by atoms with E-state index in [0.717, 1.165) is 31.2 Å². The summed E-state index contributed by atoms with van der Waals surface area (Å²) in [6.45, 7) is 8.20. The molecule has 4 nitrogen and oxygen atoms in total. The van der Waals surface area contributed by atoms with Crippen molar-refractivity contribution in [3.05, 3.63) is 51.0 Å². The first-order valence-electron chi connectivity index (χ1n) is 8.97. The number of nitrogens with one attached hydrogen (secondary N) is 2. The predicted molar refractivity (Wildman–Crippen MR) is 122 cm³/mol. The second kappa shape index (κ2) is 9.17. The van der Waals surface area contributed by atoms with E-state index in [1.165, 1.54) is 33.9 Å². The lowest BCUT2D eigenvalue weighted by atomic mass is 9.92. The minimum atomic E-state index is 0. The summed E-state index contributed by atoms with van der Waals surface area (Å²) < 4.78 is 0. The van der Waals surface area contributed by atoms with Crippen LogP contribution in [0.25, 0.3) is 0 Å². The molecule has 0 radical (unpaired) electrons. The van der Waals surface area contributed by atoms with E-state index in [1.54, 1.807) is 11.3 Å². The number of hydrogen-bond donors (Lipinski definition) is 2. The van der Waals surface area contributed by atoms with E-state index in [1.807, 2.05) is 7.05 Å². The lowest BCUT2D eigenvalue weighted by molar-refractivity contribution is 0.642. The molecular weight excluding hydrogens is 455 g/mol. The van der Waals surface area contributed by atoms with Crippen LogP contribution in [0.15, 0.2) is 29.3 Å². The zero-order valence-electron chi connectivity index (χ0n) is 16.1. The molecule has 6 heteroatoms. The summed E-state index contributed by atoms with van der Waals surface area (Å²) in [7, 11) is 1.83. The Hall–Kier alpha value is -1.15. The Morgan fingerprint density at radius 3 is 2.50 bits per heavy atom. The van der Waals surface area contributed by atoms with Crippen molar-refractivity contribution >= 4 is 41.3 Å². The third-order valence-electron chi connectivity index (χ3n) is 5.09. The van der Waals surface area contributed by atoms with Gasteiger partial charge in [0.25, 0.3) is 0 Å². The van der Waals surface area contributed by atoms with Gasteiger partial charge in [-0.1, -0.05) is 24.3 Å². The minimum absolute atomic E-state index is 0. The quantitative estimate of drug-likeness (QED) is 0.369. The topological polar surface area (TPSA) is 49.3 Å². The summed E-state index contributed by atoms with van der Waals surface area (Å²) in [6.07, 6.45) is 3.43. The first kappa shape index (κ1) is 21.2. The van der Waals surface area contributed by atoms with Crippen LogP contribution >= 0.6 is 35.3 Å². The van der Waals surface area contributed by atoms with Crippen molar-refractivity contribution in [1.82, 2.24) is 15.6 Å². The van der Waals surface area contributed by atoms with E-state index < -0.39 is 0 Å². The molecule has 0 unspecified atom stereocenters. The van der Waals surface area contributed by atoms with Gasteiger partial charge in [0.15, 0.2) is 5.96 Å². The number of thiazole rings is 1. The monoisotopic (exact) mass is 484 g/mol. The Bertz CT molecular complexity index is 745. The maximum atomic E-state index is 4.60. The van der Waals surface area contributed by atoms with Gasteiger partial charge in [-0.2, -0.15) is 0 Å². The predicted octanol–water partition coefficient (Wildman–Crippen LogP) is 4.13. The molecule has 1 fully saturated rings. The molecule has 142 valence electrons. The van der Waals surface area contributed by atoms with Crippen LogP contribution < -0.4 is 10.6 Å². The first-order valence-corrected chi connectivity index (χ1v) is 9.79. The molecule has 2 N–H and O–H groups in total. The lowest BCUT2D eigenvalue weighted by Gasteiger charge is -2.20. The number of hydrogen-bond acceptors (Lipinski definition) is 3. The van der Waals surface area contributed by atoms with Gasteiger partial charge in [-0.05, 0) is 44.7 Å². The summed E-state index contributed by atoms with van der Waals surface area (Å²) >= 11 is 1.79. The first-order chi connectivity index (χ1) is 12.0. The average molecular weight is 484 g/mol. The molecule has 0 saturated heterocycles. The van der Waals surface area contributed by atoms with Gasteiger partial charge in [-0.15, -0.1) is 35.3 Å². The molecule has 1 aromatic heterocycles. The van der Waals surface area contributed by atoms with Crippen molar-refractivity contribution in [2.75, 3.05) is 20.1 Å². The fourth-order valence-corrected chi connectivity index (χ4v) is 4.20. The Morgan fingerprint density at radius 2 is 1.92 bits per heavy atom. The molecule has 1 saturated carbocycles.